The second-order valence-corrected chi connectivity index (χ2v) is 17.6. The summed E-state index contributed by atoms with van der Waals surface area (Å²) in [7, 11) is 0. The van der Waals surface area contributed by atoms with Gasteiger partial charge in [0.25, 0.3) is 0 Å². The smallest absolute Gasteiger partial charge is 0.226 e. The predicted molar refractivity (Wildman–Crippen MR) is 204 cm³/mol. The van der Waals surface area contributed by atoms with Crippen LogP contribution in [0.4, 0.5) is 11.4 Å². The molecule has 1 saturated carbocycles. The summed E-state index contributed by atoms with van der Waals surface area (Å²) in [5.74, 6) is 2.16. The fourth-order valence-corrected chi connectivity index (χ4v) is 9.88. The minimum atomic E-state index is -0.452. The molecule has 6 nitrogen and oxygen atoms in total. The number of hydrogen-bond donors (Lipinski definition) is 0. The van der Waals surface area contributed by atoms with E-state index in [2.05, 4.69) is 161 Å². The van der Waals surface area contributed by atoms with Gasteiger partial charge in [0.05, 0.1) is 45.0 Å². The normalized spacial score (nSPS) is 34.0. The van der Waals surface area contributed by atoms with Crippen LogP contribution in [0.1, 0.15) is 91.5 Å². The number of anilines is 2. The maximum absolute atomic E-state index is 5.60. The lowest BCUT2D eigenvalue weighted by Gasteiger charge is -2.65. The summed E-state index contributed by atoms with van der Waals surface area (Å²) in [5, 5.41) is 0. The summed E-state index contributed by atoms with van der Waals surface area (Å²) in [6, 6.07) is 13.2. The van der Waals surface area contributed by atoms with E-state index < -0.39 is 11.1 Å². The van der Waals surface area contributed by atoms with Gasteiger partial charge >= 0.3 is 0 Å². The molecule has 0 unspecified atom stereocenters. The summed E-state index contributed by atoms with van der Waals surface area (Å²) < 4.78 is 0. The highest BCUT2D eigenvalue weighted by molar-refractivity contribution is 6.27. The summed E-state index contributed by atoms with van der Waals surface area (Å²) in [6.45, 7) is 31.6. The zero-order valence-electron chi connectivity index (χ0n) is 31.6. The molecule has 0 spiro atoms. The van der Waals surface area contributed by atoms with Crippen LogP contribution in [-0.2, 0) is 0 Å². The molecule has 8 rings (SSSR count). The van der Waals surface area contributed by atoms with Gasteiger partial charge in [-0.15, -0.1) is 0 Å². The Bertz CT molecular complexity index is 1880. The molecule has 1 fully saturated rings. The van der Waals surface area contributed by atoms with Crippen molar-refractivity contribution in [3.8, 4) is 0 Å². The fraction of sp³-hybridized carbons (Fsp3) is 0.524. The van der Waals surface area contributed by atoms with Crippen molar-refractivity contribution in [2.45, 2.75) is 119 Å². The largest absolute Gasteiger partial charge is 0.298 e. The lowest BCUT2D eigenvalue weighted by atomic mass is 9.42. The van der Waals surface area contributed by atoms with Gasteiger partial charge in [0.2, 0.25) is 11.9 Å². The van der Waals surface area contributed by atoms with Crippen molar-refractivity contribution < 1.29 is 0 Å². The molecule has 48 heavy (non-hydrogen) atoms. The molecule has 6 heteroatoms. The lowest BCUT2D eigenvalue weighted by Crippen LogP contribution is -2.74. The van der Waals surface area contributed by atoms with Crippen LogP contribution in [0, 0.1) is 50.9 Å². The van der Waals surface area contributed by atoms with Gasteiger partial charge in [-0.25, -0.2) is 20.0 Å². The van der Waals surface area contributed by atoms with E-state index in [9.17, 15) is 0 Å². The molecule has 6 aliphatic rings. The molecule has 0 saturated heterocycles. The number of nitrogens with zero attached hydrogens (tertiary/aromatic N) is 6. The Hall–Kier alpha value is -3.80. The minimum absolute atomic E-state index is 0.120. The molecule has 0 amide bonds. The van der Waals surface area contributed by atoms with E-state index in [4.69, 9.17) is 20.0 Å². The van der Waals surface area contributed by atoms with E-state index in [1.165, 1.54) is 44.9 Å². The van der Waals surface area contributed by atoms with Gasteiger partial charge in [-0.2, -0.15) is 0 Å². The summed E-state index contributed by atoms with van der Waals surface area (Å²) in [4.78, 5) is 26.9. The molecule has 252 valence electrons. The standard InChI is InChI=1S/C42H54N6/c1-24-17-15-18-25(2)32(24)47-37(46-39(9,10)11)44-35-40(12)22-21-29(41(35,47)13)31-30(40)23-28(5)34-42(31,14)48(36(43-34)45-38(6,7)8)33-26(3)19-16-20-27(33)4/h15-23,29-31H,1-14H3/t29-,30+,31+,40+,41+,42+/m1/s1. The topological polar surface area (TPSA) is 55.9 Å². The highest BCUT2D eigenvalue weighted by atomic mass is 15.4. The van der Waals surface area contributed by atoms with Gasteiger partial charge in [0.1, 0.15) is 0 Å². The van der Waals surface area contributed by atoms with Crippen LogP contribution < -0.4 is 9.80 Å². The van der Waals surface area contributed by atoms with Gasteiger partial charge in [0.15, 0.2) is 0 Å². The lowest BCUT2D eigenvalue weighted by molar-refractivity contribution is 0.0956. The third-order valence-corrected chi connectivity index (χ3v) is 11.6. The third-order valence-electron chi connectivity index (χ3n) is 11.6. The Morgan fingerprint density at radius 1 is 0.646 bits per heavy atom. The Morgan fingerprint density at radius 3 is 1.58 bits per heavy atom. The highest BCUT2D eigenvalue weighted by Gasteiger charge is 2.72. The Morgan fingerprint density at radius 2 is 1.10 bits per heavy atom. The van der Waals surface area contributed by atoms with E-state index in [1.54, 1.807) is 0 Å². The molecule has 4 aliphatic carbocycles. The summed E-state index contributed by atoms with van der Waals surface area (Å²) >= 11 is 0. The molecule has 0 radical (unpaired) electrons. The molecule has 0 aromatic heterocycles. The van der Waals surface area contributed by atoms with Crippen LogP contribution in [0.2, 0.25) is 0 Å². The van der Waals surface area contributed by atoms with Crippen molar-refractivity contribution in [3.05, 3.63) is 82.5 Å². The van der Waals surface area contributed by atoms with Gasteiger partial charge in [0, 0.05) is 17.3 Å². The van der Waals surface area contributed by atoms with Gasteiger partial charge in [-0.1, -0.05) is 61.5 Å². The number of para-hydroxylation sites is 2. The molecular weight excluding hydrogens is 589 g/mol. The second kappa shape index (κ2) is 10.1. The van der Waals surface area contributed by atoms with Crippen molar-refractivity contribution in [2.75, 3.05) is 9.80 Å². The Labute approximate surface area is 288 Å². The number of fused-ring (bicyclic) bond motifs is 1. The van der Waals surface area contributed by atoms with Crippen molar-refractivity contribution in [1.29, 1.82) is 0 Å². The van der Waals surface area contributed by atoms with Crippen LogP contribution in [0.15, 0.2) is 80.2 Å². The zero-order valence-corrected chi connectivity index (χ0v) is 31.6. The van der Waals surface area contributed by atoms with Crippen LogP contribution in [0.3, 0.4) is 0 Å². The first-order valence-electron chi connectivity index (χ1n) is 17.7. The molecule has 2 aliphatic heterocycles. The molecule has 2 bridgehead atoms. The van der Waals surface area contributed by atoms with Crippen molar-refractivity contribution in [1.82, 2.24) is 0 Å². The van der Waals surface area contributed by atoms with Crippen LogP contribution in [-0.4, -0.2) is 45.5 Å². The number of benzene rings is 2. The molecule has 0 N–H and O–H groups in total. The van der Waals surface area contributed by atoms with E-state index in [-0.39, 0.29) is 34.2 Å². The first kappa shape index (κ1) is 32.7. The average Bonchev–Trinajstić information content (AvgIpc) is 3.41. The molecular formula is C42H54N6. The third kappa shape index (κ3) is 4.36. The monoisotopic (exact) mass is 642 g/mol. The molecule has 2 heterocycles. The Balaban J connectivity index is 1.53. The van der Waals surface area contributed by atoms with E-state index in [0.29, 0.717) is 0 Å². The SMILES string of the molecule is CC1=C[C@H]2[C@H]([C@H]3C=C[C@]2(C)C2=NC(=NC(C)(C)C)N(c4c(C)cccc4C)[C@]23C)[C@@]2(C)C1=NC(=NC(C)(C)C)N2c1c(C)cccc1C. The predicted octanol–water partition coefficient (Wildman–Crippen LogP) is 9.37. The zero-order chi connectivity index (χ0) is 34.9. The highest BCUT2D eigenvalue weighted by Crippen LogP contribution is 2.66. The van der Waals surface area contributed by atoms with E-state index in [0.717, 1.165) is 17.6 Å². The van der Waals surface area contributed by atoms with Crippen molar-refractivity contribution in [2.24, 2.45) is 43.1 Å². The first-order valence-corrected chi connectivity index (χ1v) is 17.7. The van der Waals surface area contributed by atoms with Gasteiger partial charge < -0.3 is 0 Å². The minimum Gasteiger partial charge on any atom is -0.298 e. The summed E-state index contributed by atoms with van der Waals surface area (Å²) in [6.07, 6.45) is 7.52. The number of guanidine groups is 2. The molecule has 2 aromatic carbocycles. The number of hydrogen-bond acceptors (Lipinski definition) is 2. The molecule has 6 atom stereocenters. The van der Waals surface area contributed by atoms with Gasteiger partial charge in [-0.3, -0.25) is 9.80 Å². The average molecular weight is 643 g/mol. The van der Waals surface area contributed by atoms with Gasteiger partial charge in [-0.05, 0) is 124 Å². The van der Waals surface area contributed by atoms with E-state index >= 15 is 0 Å². The number of allylic oxidation sites excluding steroid dienone is 2. The Kier molecular flexibility index (Phi) is 6.90. The van der Waals surface area contributed by atoms with Crippen molar-refractivity contribution >= 4 is 34.7 Å². The fourth-order valence-electron chi connectivity index (χ4n) is 9.88. The second-order valence-electron chi connectivity index (χ2n) is 17.6. The van der Waals surface area contributed by atoms with Crippen LogP contribution in [0.5, 0.6) is 0 Å². The van der Waals surface area contributed by atoms with Crippen LogP contribution >= 0.6 is 0 Å². The van der Waals surface area contributed by atoms with Crippen LogP contribution in [0.25, 0.3) is 0 Å². The number of aryl methyl sites for hydroxylation is 4. The summed E-state index contributed by atoms with van der Waals surface area (Å²) in [5.41, 5.74) is 9.24. The number of rotatable bonds is 2. The maximum Gasteiger partial charge on any atom is 0.226 e. The maximum atomic E-state index is 5.60. The number of aliphatic imine (C=N–C) groups is 4. The van der Waals surface area contributed by atoms with Crippen molar-refractivity contribution in [3.63, 3.8) is 0 Å². The van der Waals surface area contributed by atoms with E-state index in [1.807, 2.05) is 0 Å². The molecule has 2 aromatic rings. The first-order chi connectivity index (χ1) is 22.2. The quantitative estimate of drug-likeness (QED) is 0.307.